The van der Waals surface area contributed by atoms with Crippen LogP contribution in [0.3, 0.4) is 0 Å². The smallest absolute Gasteiger partial charge is 0.257 e. The number of aromatic amines is 1. The summed E-state index contributed by atoms with van der Waals surface area (Å²) < 4.78 is 6.95. The molecular weight excluding hydrogens is 368 g/mol. The Kier molecular flexibility index (Phi) is 5.07. The summed E-state index contributed by atoms with van der Waals surface area (Å²) in [6.45, 7) is 0.317. The zero-order chi connectivity index (χ0) is 20.2. The van der Waals surface area contributed by atoms with Gasteiger partial charge in [-0.2, -0.15) is 10.2 Å². The van der Waals surface area contributed by atoms with Crippen molar-refractivity contribution in [3.8, 4) is 22.7 Å². The molecule has 1 N–H and O–H groups in total. The third-order valence-electron chi connectivity index (χ3n) is 4.53. The van der Waals surface area contributed by atoms with Crippen LogP contribution in [0.15, 0.2) is 67.1 Å². The molecule has 0 atom stereocenters. The van der Waals surface area contributed by atoms with E-state index in [-0.39, 0.29) is 5.91 Å². The fourth-order valence-corrected chi connectivity index (χ4v) is 3.01. The molecule has 2 aromatic heterocycles. The highest BCUT2D eigenvalue weighted by molar-refractivity contribution is 5.99. The molecule has 2 aromatic carbocycles. The van der Waals surface area contributed by atoms with Gasteiger partial charge in [0.05, 0.1) is 24.9 Å². The van der Waals surface area contributed by atoms with Crippen LogP contribution in [-0.4, -0.2) is 49.9 Å². The van der Waals surface area contributed by atoms with E-state index in [1.54, 1.807) is 29.9 Å². The van der Waals surface area contributed by atoms with Crippen molar-refractivity contribution in [2.75, 3.05) is 14.2 Å². The molecule has 0 saturated carbocycles. The molecule has 29 heavy (non-hydrogen) atoms. The first-order chi connectivity index (χ1) is 14.2. The quantitative estimate of drug-likeness (QED) is 0.549. The summed E-state index contributed by atoms with van der Waals surface area (Å²) >= 11 is 0. The molecule has 0 spiro atoms. The Labute approximate surface area is 167 Å². The molecule has 0 unspecified atom stereocenters. The van der Waals surface area contributed by atoms with E-state index in [1.807, 2.05) is 54.6 Å². The third kappa shape index (κ3) is 3.86. The highest BCUT2D eigenvalue weighted by atomic mass is 16.5. The number of benzene rings is 2. The van der Waals surface area contributed by atoms with Gasteiger partial charge in [0.25, 0.3) is 5.91 Å². The molecule has 4 rings (SSSR count). The average molecular weight is 388 g/mol. The first kappa shape index (κ1) is 18.4. The Morgan fingerprint density at radius 3 is 2.55 bits per heavy atom. The molecular formula is C21H20N6O2. The molecule has 0 aliphatic rings. The molecule has 8 heteroatoms. The molecule has 0 bridgehead atoms. The minimum absolute atomic E-state index is 0.158. The Balaban J connectivity index is 1.73. The van der Waals surface area contributed by atoms with Crippen molar-refractivity contribution in [1.29, 1.82) is 0 Å². The van der Waals surface area contributed by atoms with E-state index in [4.69, 9.17) is 9.84 Å². The number of aromatic nitrogens is 5. The van der Waals surface area contributed by atoms with Gasteiger partial charge in [-0.25, -0.2) is 9.67 Å². The van der Waals surface area contributed by atoms with E-state index < -0.39 is 0 Å². The number of nitrogens with zero attached hydrogens (tertiary/aromatic N) is 5. The van der Waals surface area contributed by atoms with Gasteiger partial charge in [0, 0.05) is 18.8 Å². The van der Waals surface area contributed by atoms with Crippen molar-refractivity contribution >= 4 is 5.91 Å². The topological polar surface area (TPSA) is 88.9 Å². The Morgan fingerprint density at radius 2 is 1.90 bits per heavy atom. The summed E-state index contributed by atoms with van der Waals surface area (Å²) in [5.41, 5.74) is 2.81. The molecule has 146 valence electrons. The van der Waals surface area contributed by atoms with E-state index in [0.717, 1.165) is 17.0 Å². The van der Waals surface area contributed by atoms with Crippen LogP contribution >= 0.6 is 0 Å². The van der Waals surface area contributed by atoms with Gasteiger partial charge in [-0.15, -0.1) is 0 Å². The molecule has 0 fully saturated rings. The minimum Gasteiger partial charge on any atom is -0.497 e. The standard InChI is InChI=1S/C21H20N6O2/c1-26(13-19-22-14-23-24-19)21(28)18-12-27(16-6-4-3-5-7-16)25-20(18)15-8-10-17(29-2)11-9-15/h3-12,14H,13H2,1-2H3,(H,22,23,24). The molecule has 0 aliphatic carbocycles. The molecule has 0 saturated heterocycles. The number of hydrogen-bond acceptors (Lipinski definition) is 5. The first-order valence-corrected chi connectivity index (χ1v) is 9.05. The monoisotopic (exact) mass is 388 g/mol. The maximum atomic E-state index is 13.2. The lowest BCUT2D eigenvalue weighted by Gasteiger charge is -2.15. The van der Waals surface area contributed by atoms with Crippen molar-refractivity contribution in [1.82, 2.24) is 29.9 Å². The summed E-state index contributed by atoms with van der Waals surface area (Å²) in [5.74, 6) is 1.20. The van der Waals surface area contributed by atoms with Gasteiger partial charge in [-0.1, -0.05) is 18.2 Å². The first-order valence-electron chi connectivity index (χ1n) is 9.05. The van der Waals surface area contributed by atoms with Crippen molar-refractivity contribution in [2.45, 2.75) is 6.54 Å². The van der Waals surface area contributed by atoms with Gasteiger partial charge in [0.2, 0.25) is 0 Å². The number of amides is 1. The number of nitrogens with one attached hydrogen (secondary N) is 1. The summed E-state index contributed by atoms with van der Waals surface area (Å²) in [7, 11) is 3.34. The number of ether oxygens (including phenoxy) is 1. The van der Waals surface area contributed by atoms with E-state index in [2.05, 4.69) is 15.2 Å². The van der Waals surface area contributed by atoms with Gasteiger partial charge < -0.3 is 9.64 Å². The summed E-state index contributed by atoms with van der Waals surface area (Å²) in [4.78, 5) is 18.9. The number of rotatable bonds is 6. The fraction of sp³-hybridized carbons (Fsp3) is 0.143. The second-order valence-corrected chi connectivity index (χ2v) is 6.49. The molecule has 2 heterocycles. The fourth-order valence-electron chi connectivity index (χ4n) is 3.01. The molecule has 8 nitrogen and oxygen atoms in total. The van der Waals surface area contributed by atoms with Gasteiger partial charge in [-0.05, 0) is 36.4 Å². The Morgan fingerprint density at radius 1 is 1.14 bits per heavy atom. The predicted octanol–water partition coefficient (Wildman–Crippen LogP) is 2.94. The van der Waals surface area contributed by atoms with E-state index in [0.29, 0.717) is 23.6 Å². The van der Waals surface area contributed by atoms with Gasteiger partial charge >= 0.3 is 0 Å². The normalized spacial score (nSPS) is 10.7. The van der Waals surface area contributed by atoms with Crippen LogP contribution in [0.25, 0.3) is 16.9 Å². The summed E-state index contributed by atoms with van der Waals surface area (Å²) in [6, 6.07) is 17.2. The van der Waals surface area contributed by atoms with Gasteiger partial charge in [0.15, 0.2) is 0 Å². The number of carbonyl (C=O) groups is 1. The predicted molar refractivity (Wildman–Crippen MR) is 108 cm³/mol. The Hall–Kier alpha value is -3.94. The van der Waals surface area contributed by atoms with Crippen molar-refractivity contribution in [3.05, 3.63) is 78.5 Å². The number of hydrogen-bond donors (Lipinski definition) is 1. The van der Waals surface area contributed by atoms with Crippen LogP contribution in [0.5, 0.6) is 5.75 Å². The molecule has 0 radical (unpaired) electrons. The van der Waals surface area contributed by atoms with Crippen molar-refractivity contribution in [3.63, 3.8) is 0 Å². The van der Waals surface area contributed by atoms with Crippen LogP contribution in [0.2, 0.25) is 0 Å². The van der Waals surface area contributed by atoms with Gasteiger partial charge in [-0.3, -0.25) is 9.89 Å². The lowest BCUT2D eigenvalue weighted by molar-refractivity contribution is 0.0782. The third-order valence-corrected chi connectivity index (χ3v) is 4.53. The molecule has 4 aromatic rings. The molecule has 0 aliphatic heterocycles. The van der Waals surface area contributed by atoms with Crippen LogP contribution in [0, 0.1) is 0 Å². The number of para-hydroxylation sites is 1. The van der Waals surface area contributed by atoms with Crippen LogP contribution in [-0.2, 0) is 6.54 Å². The van der Waals surface area contributed by atoms with Crippen LogP contribution in [0.1, 0.15) is 16.2 Å². The lowest BCUT2D eigenvalue weighted by atomic mass is 10.1. The number of carbonyl (C=O) groups excluding carboxylic acids is 1. The van der Waals surface area contributed by atoms with E-state index in [9.17, 15) is 4.79 Å². The highest BCUT2D eigenvalue weighted by Gasteiger charge is 2.22. The number of methoxy groups -OCH3 is 1. The Bertz CT molecular complexity index is 1090. The molecule has 1 amide bonds. The maximum Gasteiger partial charge on any atom is 0.257 e. The number of H-pyrrole nitrogens is 1. The second kappa shape index (κ2) is 7.97. The second-order valence-electron chi connectivity index (χ2n) is 6.49. The minimum atomic E-state index is -0.158. The average Bonchev–Trinajstić information content (AvgIpc) is 3.44. The van der Waals surface area contributed by atoms with E-state index >= 15 is 0 Å². The van der Waals surface area contributed by atoms with Crippen molar-refractivity contribution in [2.24, 2.45) is 0 Å². The van der Waals surface area contributed by atoms with Crippen LogP contribution < -0.4 is 4.74 Å². The van der Waals surface area contributed by atoms with E-state index in [1.165, 1.54) is 6.33 Å². The maximum absolute atomic E-state index is 13.2. The van der Waals surface area contributed by atoms with Crippen molar-refractivity contribution < 1.29 is 9.53 Å². The zero-order valence-corrected chi connectivity index (χ0v) is 16.1. The lowest BCUT2D eigenvalue weighted by Crippen LogP contribution is -2.27. The highest BCUT2D eigenvalue weighted by Crippen LogP contribution is 2.27. The zero-order valence-electron chi connectivity index (χ0n) is 16.1. The summed E-state index contributed by atoms with van der Waals surface area (Å²) in [6.07, 6.45) is 3.18. The van der Waals surface area contributed by atoms with Gasteiger partial charge in [0.1, 0.15) is 23.6 Å². The largest absolute Gasteiger partial charge is 0.497 e. The van der Waals surface area contributed by atoms with Crippen LogP contribution in [0.4, 0.5) is 0 Å². The summed E-state index contributed by atoms with van der Waals surface area (Å²) in [5, 5.41) is 11.3. The SMILES string of the molecule is COc1ccc(-c2nn(-c3ccccc3)cc2C(=O)N(C)Cc2ncn[nH]2)cc1.